The molecule has 0 nitrogen and oxygen atoms in total. The number of halogens is 3. The topological polar surface area (TPSA) is 0 Å². The Morgan fingerprint density at radius 2 is 1.76 bits per heavy atom. The van der Waals surface area contributed by atoms with Gasteiger partial charge in [-0.1, -0.05) is 41.3 Å². The van der Waals surface area contributed by atoms with Crippen LogP contribution >= 0.6 is 15.9 Å². The van der Waals surface area contributed by atoms with Crippen molar-refractivity contribution in [3.05, 3.63) is 35.4 Å². The molecule has 17 heavy (non-hydrogen) atoms. The van der Waals surface area contributed by atoms with Crippen LogP contribution in [-0.2, 0) is 6.42 Å². The van der Waals surface area contributed by atoms with E-state index in [0.717, 1.165) is 17.3 Å². The predicted octanol–water partition coefficient (Wildman–Crippen LogP) is 4.85. The second-order valence-electron chi connectivity index (χ2n) is 5.12. The highest BCUT2D eigenvalue weighted by Crippen LogP contribution is 2.40. The van der Waals surface area contributed by atoms with E-state index in [1.54, 1.807) is 6.07 Å². The Kier molecular flexibility index (Phi) is 4.18. The molecule has 0 unspecified atom stereocenters. The minimum atomic E-state index is -0.759. The number of alkyl halides is 1. The summed E-state index contributed by atoms with van der Waals surface area (Å²) in [6, 6.07) is 4.28. The van der Waals surface area contributed by atoms with Crippen molar-refractivity contribution in [1.82, 2.24) is 0 Å². The van der Waals surface area contributed by atoms with Gasteiger partial charge in [-0.05, 0) is 42.4 Å². The molecule has 0 aliphatic heterocycles. The molecule has 1 saturated carbocycles. The smallest absolute Gasteiger partial charge is 0.159 e. The third-order valence-electron chi connectivity index (χ3n) is 3.76. The lowest BCUT2D eigenvalue weighted by Gasteiger charge is -2.36. The zero-order valence-corrected chi connectivity index (χ0v) is 11.4. The van der Waals surface area contributed by atoms with E-state index in [1.165, 1.54) is 44.2 Å². The van der Waals surface area contributed by atoms with Crippen molar-refractivity contribution < 1.29 is 8.78 Å². The van der Waals surface area contributed by atoms with E-state index in [4.69, 9.17) is 0 Å². The molecule has 2 rings (SSSR count). The predicted molar refractivity (Wildman–Crippen MR) is 69.4 cm³/mol. The molecule has 1 aromatic carbocycles. The van der Waals surface area contributed by atoms with E-state index < -0.39 is 11.6 Å². The Balaban J connectivity index is 2.14. The van der Waals surface area contributed by atoms with E-state index >= 15 is 0 Å². The van der Waals surface area contributed by atoms with E-state index in [-0.39, 0.29) is 5.41 Å². The zero-order chi connectivity index (χ0) is 12.3. The highest BCUT2D eigenvalue weighted by molar-refractivity contribution is 9.09. The highest BCUT2D eigenvalue weighted by atomic mass is 79.9. The summed E-state index contributed by atoms with van der Waals surface area (Å²) in [5.74, 6) is -1.49. The first-order valence-corrected chi connectivity index (χ1v) is 7.27. The molecule has 0 bridgehead atoms. The first kappa shape index (κ1) is 13.0. The zero-order valence-electron chi connectivity index (χ0n) is 9.82. The van der Waals surface area contributed by atoms with Crippen LogP contribution < -0.4 is 0 Å². The molecule has 0 spiro atoms. The Morgan fingerprint density at radius 3 is 2.35 bits per heavy atom. The van der Waals surface area contributed by atoms with Crippen molar-refractivity contribution >= 4 is 15.9 Å². The quantitative estimate of drug-likeness (QED) is 0.700. The number of benzene rings is 1. The summed E-state index contributed by atoms with van der Waals surface area (Å²) in [6.07, 6.45) is 6.99. The average molecular weight is 303 g/mol. The average Bonchev–Trinajstić information content (AvgIpc) is 2.35. The van der Waals surface area contributed by atoms with Gasteiger partial charge < -0.3 is 0 Å². The molecular formula is C14H17BrF2. The van der Waals surface area contributed by atoms with Crippen molar-refractivity contribution in [1.29, 1.82) is 0 Å². The molecule has 0 aromatic heterocycles. The van der Waals surface area contributed by atoms with Crippen LogP contribution in [0.1, 0.15) is 37.7 Å². The van der Waals surface area contributed by atoms with Gasteiger partial charge in [-0.25, -0.2) is 8.78 Å². The van der Waals surface area contributed by atoms with Gasteiger partial charge in [0.15, 0.2) is 11.6 Å². The fourth-order valence-corrected chi connectivity index (χ4v) is 3.50. The van der Waals surface area contributed by atoms with E-state index in [2.05, 4.69) is 15.9 Å². The molecule has 94 valence electrons. The molecule has 0 radical (unpaired) electrons. The molecule has 0 saturated heterocycles. The normalized spacial score (nSPS) is 19.2. The molecule has 1 aliphatic carbocycles. The van der Waals surface area contributed by atoms with Crippen LogP contribution in [0.2, 0.25) is 0 Å². The van der Waals surface area contributed by atoms with Gasteiger partial charge in [-0.2, -0.15) is 0 Å². The molecule has 0 heterocycles. The highest BCUT2D eigenvalue weighted by Gasteiger charge is 2.31. The summed E-state index contributed by atoms with van der Waals surface area (Å²) in [6.45, 7) is 0. The van der Waals surface area contributed by atoms with Gasteiger partial charge in [-0.15, -0.1) is 0 Å². The standard InChI is InChI=1S/C14H17BrF2/c15-10-14(6-2-1-3-7-14)9-11-4-5-12(16)13(17)8-11/h4-5,8H,1-3,6-7,9-10H2. The maximum atomic E-state index is 13.2. The van der Waals surface area contributed by atoms with Gasteiger partial charge in [0.1, 0.15) is 0 Å². The molecule has 1 fully saturated rings. The fourth-order valence-electron chi connectivity index (χ4n) is 2.74. The van der Waals surface area contributed by atoms with Gasteiger partial charge in [0.2, 0.25) is 0 Å². The molecule has 1 aliphatic rings. The summed E-state index contributed by atoms with van der Waals surface area (Å²) in [5.41, 5.74) is 1.15. The summed E-state index contributed by atoms with van der Waals surface area (Å²) in [4.78, 5) is 0. The Bertz CT molecular complexity index is 384. The van der Waals surface area contributed by atoms with Crippen molar-refractivity contribution in [3.63, 3.8) is 0 Å². The minimum absolute atomic E-state index is 0.239. The van der Waals surface area contributed by atoms with Crippen LogP contribution in [0.5, 0.6) is 0 Å². The van der Waals surface area contributed by atoms with E-state index in [9.17, 15) is 8.78 Å². The second-order valence-corrected chi connectivity index (χ2v) is 5.68. The summed E-state index contributed by atoms with van der Waals surface area (Å²) < 4.78 is 26.0. The lowest BCUT2D eigenvalue weighted by atomic mass is 9.72. The van der Waals surface area contributed by atoms with Gasteiger partial charge in [0, 0.05) is 5.33 Å². The lowest BCUT2D eigenvalue weighted by molar-refractivity contribution is 0.223. The van der Waals surface area contributed by atoms with Crippen LogP contribution in [0.15, 0.2) is 18.2 Å². The third-order valence-corrected chi connectivity index (χ3v) is 4.95. The van der Waals surface area contributed by atoms with Gasteiger partial charge in [-0.3, -0.25) is 0 Å². The summed E-state index contributed by atoms with van der Waals surface area (Å²) >= 11 is 3.59. The molecule has 1 aromatic rings. The van der Waals surface area contributed by atoms with E-state index in [1.807, 2.05) is 0 Å². The largest absolute Gasteiger partial charge is 0.204 e. The molecule has 0 amide bonds. The number of hydrogen-bond donors (Lipinski definition) is 0. The maximum Gasteiger partial charge on any atom is 0.159 e. The van der Waals surface area contributed by atoms with Crippen LogP contribution in [0, 0.1) is 17.0 Å². The van der Waals surface area contributed by atoms with Crippen LogP contribution in [0.3, 0.4) is 0 Å². The summed E-state index contributed by atoms with van der Waals surface area (Å²) in [5, 5.41) is 0.943. The monoisotopic (exact) mass is 302 g/mol. The Hall–Kier alpha value is -0.440. The first-order chi connectivity index (χ1) is 8.15. The van der Waals surface area contributed by atoms with E-state index in [0.29, 0.717) is 0 Å². The number of rotatable bonds is 3. The van der Waals surface area contributed by atoms with Gasteiger partial charge in [0.05, 0.1) is 0 Å². The van der Waals surface area contributed by atoms with Crippen LogP contribution in [0.25, 0.3) is 0 Å². The van der Waals surface area contributed by atoms with Crippen molar-refractivity contribution in [3.8, 4) is 0 Å². The maximum absolute atomic E-state index is 13.2. The molecular weight excluding hydrogens is 286 g/mol. The van der Waals surface area contributed by atoms with Crippen LogP contribution in [0.4, 0.5) is 8.78 Å². The van der Waals surface area contributed by atoms with Crippen molar-refractivity contribution in [2.75, 3.05) is 5.33 Å². The third kappa shape index (κ3) is 3.06. The molecule has 3 heteroatoms. The Morgan fingerprint density at radius 1 is 1.06 bits per heavy atom. The minimum Gasteiger partial charge on any atom is -0.204 e. The second kappa shape index (κ2) is 5.47. The fraction of sp³-hybridized carbons (Fsp3) is 0.571. The Labute approximate surface area is 110 Å². The first-order valence-electron chi connectivity index (χ1n) is 6.15. The number of hydrogen-bond acceptors (Lipinski definition) is 0. The van der Waals surface area contributed by atoms with Gasteiger partial charge >= 0.3 is 0 Å². The SMILES string of the molecule is Fc1ccc(CC2(CBr)CCCCC2)cc1F. The lowest BCUT2D eigenvalue weighted by Crippen LogP contribution is -2.28. The van der Waals surface area contributed by atoms with Gasteiger partial charge in [0.25, 0.3) is 0 Å². The van der Waals surface area contributed by atoms with Crippen LogP contribution in [-0.4, -0.2) is 5.33 Å². The summed E-state index contributed by atoms with van der Waals surface area (Å²) in [7, 11) is 0. The van der Waals surface area contributed by atoms with Crippen molar-refractivity contribution in [2.24, 2.45) is 5.41 Å². The molecule has 0 N–H and O–H groups in total. The van der Waals surface area contributed by atoms with Crippen molar-refractivity contribution in [2.45, 2.75) is 38.5 Å². The molecule has 0 atom stereocenters.